The normalized spacial score (nSPS) is 13.5. The molecule has 1 amide bonds. The minimum Gasteiger partial charge on any atom is -0.287 e. The third-order valence-electron chi connectivity index (χ3n) is 4.00. The number of aryl methyl sites for hydroxylation is 1. The number of amides is 1. The molecule has 0 saturated carbocycles. The Bertz CT molecular complexity index is 882. The second-order valence-electron chi connectivity index (χ2n) is 5.64. The van der Waals surface area contributed by atoms with E-state index in [0.717, 1.165) is 22.6 Å². The molecule has 0 unspecified atom stereocenters. The number of nitrogens with zero attached hydrogens (tertiary/aromatic N) is 3. The molecule has 2 aromatic carbocycles. The molecule has 0 saturated heterocycles. The standard InChI is InChI=1S/C18H14ClN3O/c1-12-2-4-13(5-3-12)17-10-16-11-21(18(23)22(16)20-17)15-8-6-14(19)7-9-15/h2-10H,11H2,1H3. The zero-order valence-corrected chi connectivity index (χ0v) is 13.3. The predicted molar refractivity (Wildman–Crippen MR) is 90.8 cm³/mol. The Morgan fingerprint density at radius 1 is 1.04 bits per heavy atom. The first-order chi connectivity index (χ1) is 11.1. The van der Waals surface area contributed by atoms with Gasteiger partial charge in [0, 0.05) is 16.3 Å². The smallest absolute Gasteiger partial charge is 0.287 e. The van der Waals surface area contributed by atoms with Crippen LogP contribution in [0.3, 0.4) is 0 Å². The zero-order valence-electron chi connectivity index (χ0n) is 12.5. The van der Waals surface area contributed by atoms with Crippen LogP contribution >= 0.6 is 11.6 Å². The Balaban J connectivity index is 1.65. The lowest BCUT2D eigenvalue weighted by Gasteiger charge is -2.14. The topological polar surface area (TPSA) is 38.1 Å². The molecule has 0 aliphatic carbocycles. The summed E-state index contributed by atoms with van der Waals surface area (Å²) in [4.78, 5) is 14.3. The third kappa shape index (κ3) is 2.41. The van der Waals surface area contributed by atoms with Crippen molar-refractivity contribution in [3.05, 3.63) is 70.9 Å². The summed E-state index contributed by atoms with van der Waals surface area (Å²) in [6.07, 6.45) is 0. The summed E-state index contributed by atoms with van der Waals surface area (Å²) >= 11 is 5.90. The molecule has 3 aromatic rings. The van der Waals surface area contributed by atoms with Gasteiger partial charge < -0.3 is 0 Å². The first-order valence-electron chi connectivity index (χ1n) is 7.35. The molecule has 0 fully saturated rings. The van der Waals surface area contributed by atoms with Gasteiger partial charge in [0.2, 0.25) is 0 Å². The molecule has 1 aliphatic rings. The van der Waals surface area contributed by atoms with Gasteiger partial charge in [-0.15, -0.1) is 0 Å². The number of halogens is 1. The highest BCUT2D eigenvalue weighted by molar-refractivity contribution is 6.30. The fraction of sp³-hybridized carbons (Fsp3) is 0.111. The summed E-state index contributed by atoms with van der Waals surface area (Å²) in [7, 11) is 0. The fourth-order valence-corrected chi connectivity index (χ4v) is 2.86. The largest absolute Gasteiger partial charge is 0.349 e. The van der Waals surface area contributed by atoms with Gasteiger partial charge in [0.25, 0.3) is 0 Å². The van der Waals surface area contributed by atoms with Crippen molar-refractivity contribution in [1.29, 1.82) is 0 Å². The van der Waals surface area contributed by atoms with Gasteiger partial charge in [-0.25, -0.2) is 4.79 Å². The zero-order chi connectivity index (χ0) is 16.0. The minimum atomic E-state index is -0.138. The Morgan fingerprint density at radius 3 is 2.39 bits per heavy atom. The number of hydrogen-bond donors (Lipinski definition) is 0. The van der Waals surface area contributed by atoms with Crippen molar-refractivity contribution in [3.63, 3.8) is 0 Å². The van der Waals surface area contributed by atoms with Gasteiger partial charge in [-0.1, -0.05) is 41.4 Å². The SMILES string of the molecule is Cc1ccc(-c2cc3n(n2)C(=O)N(c2ccc(Cl)cc2)C3)cc1. The van der Waals surface area contributed by atoms with Gasteiger partial charge in [-0.05, 0) is 37.3 Å². The number of fused-ring (bicyclic) bond motifs is 1. The molecule has 1 aliphatic heterocycles. The molecule has 0 radical (unpaired) electrons. The molecular weight excluding hydrogens is 310 g/mol. The molecule has 2 heterocycles. The number of hydrogen-bond acceptors (Lipinski definition) is 2. The Kier molecular flexibility index (Phi) is 3.20. The first-order valence-corrected chi connectivity index (χ1v) is 7.73. The maximum Gasteiger partial charge on any atom is 0.349 e. The van der Waals surface area contributed by atoms with Crippen molar-refractivity contribution in [2.24, 2.45) is 0 Å². The van der Waals surface area contributed by atoms with E-state index < -0.39 is 0 Å². The van der Waals surface area contributed by atoms with Crippen molar-refractivity contribution in [2.45, 2.75) is 13.5 Å². The van der Waals surface area contributed by atoms with Crippen molar-refractivity contribution in [2.75, 3.05) is 4.90 Å². The average Bonchev–Trinajstić information content (AvgIpc) is 3.09. The van der Waals surface area contributed by atoms with Crippen LogP contribution < -0.4 is 4.90 Å². The van der Waals surface area contributed by atoms with Gasteiger partial charge in [0.1, 0.15) is 0 Å². The predicted octanol–water partition coefficient (Wildman–Crippen LogP) is 4.50. The molecule has 4 rings (SSSR count). The van der Waals surface area contributed by atoms with Gasteiger partial charge >= 0.3 is 6.03 Å². The Morgan fingerprint density at radius 2 is 1.74 bits per heavy atom. The number of aromatic nitrogens is 2. The van der Waals surface area contributed by atoms with Gasteiger partial charge in [0.05, 0.1) is 17.9 Å². The maximum atomic E-state index is 12.6. The highest BCUT2D eigenvalue weighted by Crippen LogP contribution is 2.28. The van der Waals surface area contributed by atoms with Crippen LogP contribution in [0.1, 0.15) is 11.3 Å². The molecule has 5 heteroatoms. The van der Waals surface area contributed by atoms with Crippen molar-refractivity contribution in [1.82, 2.24) is 9.78 Å². The lowest BCUT2D eigenvalue weighted by atomic mass is 10.1. The minimum absolute atomic E-state index is 0.138. The van der Waals surface area contributed by atoms with E-state index in [2.05, 4.69) is 5.10 Å². The third-order valence-corrected chi connectivity index (χ3v) is 4.25. The second kappa shape index (κ2) is 5.25. The van der Waals surface area contributed by atoms with Gasteiger partial charge in [-0.2, -0.15) is 9.78 Å². The molecule has 0 spiro atoms. The Hall–Kier alpha value is -2.59. The lowest BCUT2D eigenvalue weighted by molar-refractivity contribution is 0.248. The van der Waals surface area contributed by atoms with E-state index in [9.17, 15) is 4.79 Å². The second-order valence-corrected chi connectivity index (χ2v) is 6.08. The first kappa shape index (κ1) is 14.0. The van der Waals surface area contributed by atoms with Crippen molar-refractivity contribution < 1.29 is 4.79 Å². The molecule has 23 heavy (non-hydrogen) atoms. The van der Waals surface area contributed by atoms with Crippen LogP contribution in [-0.4, -0.2) is 15.8 Å². The van der Waals surface area contributed by atoms with Crippen LogP contribution in [0.15, 0.2) is 54.6 Å². The summed E-state index contributed by atoms with van der Waals surface area (Å²) < 4.78 is 1.48. The van der Waals surface area contributed by atoms with Crippen LogP contribution in [0, 0.1) is 6.92 Å². The molecule has 0 bridgehead atoms. The lowest BCUT2D eigenvalue weighted by Crippen LogP contribution is -2.26. The number of benzene rings is 2. The quantitative estimate of drug-likeness (QED) is 0.696. The van der Waals surface area contributed by atoms with E-state index in [1.54, 1.807) is 17.0 Å². The summed E-state index contributed by atoms with van der Waals surface area (Å²) in [5, 5.41) is 5.12. The van der Waals surface area contributed by atoms with E-state index in [-0.39, 0.29) is 6.03 Å². The van der Waals surface area contributed by atoms with E-state index in [1.165, 1.54) is 10.2 Å². The van der Waals surface area contributed by atoms with E-state index >= 15 is 0 Å². The molecule has 4 nitrogen and oxygen atoms in total. The summed E-state index contributed by atoms with van der Waals surface area (Å²) in [5.41, 5.74) is 4.75. The highest BCUT2D eigenvalue weighted by Gasteiger charge is 2.30. The monoisotopic (exact) mass is 323 g/mol. The highest BCUT2D eigenvalue weighted by atomic mass is 35.5. The molecule has 0 N–H and O–H groups in total. The summed E-state index contributed by atoms with van der Waals surface area (Å²) in [5.74, 6) is 0. The number of rotatable bonds is 2. The van der Waals surface area contributed by atoms with E-state index in [0.29, 0.717) is 11.6 Å². The fourth-order valence-electron chi connectivity index (χ4n) is 2.73. The Labute approximate surface area is 138 Å². The molecular formula is C18H14ClN3O. The van der Waals surface area contributed by atoms with Crippen LogP contribution in [0.5, 0.6) is 0 Å². The van der Waals surface area contributed by atoms with Crippen LogP contribution in [0.4, 0.5) is 10.5 Å². The summed E-state index contributed by atoms with van der Waals surface area (Å²) in [6.45, 7) is 2.56. The number of anilines is 1. The maximum absolute atomic E-state index is 12.6. The molecule has 114 valence electrons. The average molecular weight is 324 g/mol. The van der Waals surface area contributed by atoms with Crippen LogP contribution in [0.25, 0.3) is 11.3 Å². The number of carbonyl (C=O) groups is 1. The number of carbonyl (C=O) groups excluding carboxylic acids is 1. The van der Waals surface area contributed by atoms with E-state index in [1.807, 2.05) is 49.4 Å². The van der Waals surface area contributed by atoms with Gasteiger partial charge in [0.15, 0.2) is 0 Å². The molecule has 0 atom stereocenters. The van der Waals surface area contributed by atoms with Crippen LogP contribution in [0.2, 0.25) is 5.02 Å². The van der Waals surface area contributed by atoms with Crippen molar-refractivity contribution >= 4 is 23.3 Å². The molecule has 1 aromatic heterocycles. The van der Waals surface area contributed by atoms with Crippen LogP contribution in [-0.2, 0) is 6.54 Å². The summed E-state index contributed by atoms with van der Waals surface area (Å²) in [6, 6.07) is 17.2. The van der Waals surface area contributed by atoms with Crippen molar-refractivity contribution in [3.8, 4) is 11.3 Å². The van der Waals surface area contributed by atoms with E-state index in [4.69, 9.17) is 11.6 Å². The van der Waals surface area contributed by atoms with Gasteiger partial charge in [-0.3, -0.25) is 4.90 Å².